The highest BCUT2D eigenvalue weighted by Gasteiger charge is 2.29. The summed E-state index contributed by atoms with van der Waals surface area (Å²) in [5, 5.41) is 3.21. The molecule has 0 radical (unpaired) electrons. The molecule has 1 fully saturated rings. The maximum Gasteiger partial charge on any atom is 0.341 e. The predicted octanol–water partition coefficient (Wildman–Crippen LogP) is 3.77. The van der Waals surface area contributed by atoms with Gasteiger partial charge in [-0.2, -0.15) is 0 Å². The van der Waals surface area contributed by atoms with Gasteiger partial charge in [-0.1, -0.05) is 12.1 Å². The molecule has 3 rings (SSSR count). The molecule has 0 saturated carbocycles. The first-order valence-corrected chi connectivity index (χ1v) is 8.73. The van der Waals surface area contributed by atoms with Crippen LogP contribution in [0.3, 0.4) is 0 Å². The van der Waals surface area contributed by atoms with Gasteiger partial charge in [0.2, 0.25) is 0 Å². The molecule has 0 aliphatic carbocycles. The first-order chi connectivity index (χ1) is 12.0. The fraction of sp³-hybridized carbons (Fsp3) is 0.333. The average Bonchev–Trinajstić information content (AvgIpc) is 3.23. The van der Waals surface area contributed by atoms with Crippen molar-refractivity contribution in [3.05, 3.63) is 40.5 Å². The summed E-state index contributed by atoms with van der Waals surface area (Å²) < 4.78 is 23.5. The Hall–Kier alpha value is -2.25. The molecule has 1 saturated heterocycles. The van der Waals surface area contributed by atoms with Crippen LogP contribution in [0.4, 0.5) is 9.39 Å². The van der Waals surface area contributed by atoms with Crippen LogP contribution in [0.5, 0.6) is 0 Å². The maximum atomic E-state index is 13.2. The number of carbonyl (C=O) groups excluding carboxylic acids is 2. The molecule has 2 heterocycles. The Morgan fingerprint density at radius 2 is 2.04 bits per heavy atom. The molecule has 1 aromatic heterocycles. The average molecular weight is 363 g/mol. The molecule has 132 valence electrons. The van der Waals surface area contributed by atoms with Gasteiger partial charge in [0.1, 0.15) is 22.5 Å². The van der Waals surface area contributed by atoms with E-state index < -0.39 is 12.1 Å². The summed E-state index contributed by atoms with van der Waals surface area (Å²) in [7, 11) is 1.29. The van der Waals surface area contributed by atoms with Gasteiger partial charge >= 0.3 is 5.97 Å². The Labute approximate surface area is 148 Å². The first-order valence-electron chi connectivity index (χ1n) is 7.91. The lowest BCUT2D eigenvalue weighted by Crippen LogP contribution is -2.27. The monoisotopic (exact) mass is 363 g/mol. The normalized spacial score (nSPS) is 16.7. The minimum atomic E-state index is -0.550. The van der Waals surface area contributed by atoms with E-state index >= 15 is 0 Å². The highest BCUT2D eigenvalue weighted by atomic mass is 32.1. The van der Waals surface area contributed by atoms with Crippen LogP contribution in [-0.2, 0) is 14.3 Å². The number of halogens is 1. The number of rotatable bonds is 4. The zero-order chi connectivity index (χ0) is 18.0. The molecule has 1 aliphatic rings. The minimum Gasteiger partial charge on any atom is -0.465 e. The van der Waals surface area contributed by atoms with Crippen LogP contribution in [0.25, 0.3) is 11.1 Å². The van der Waals surface area contributed by atoms with Crippen molar-refractivity contribution in [1.82, 2.24) is 0 Å². The molecular weight excluding hydrogens is 345 g/mol. The van der Waals surface area contributed by atoms with Gasteiger partial charge < -0.3 is 14.8 Å². The zero-order valence-corrected chi connectivity index (χ0v) is 14.7. The van der Waals surface area contributed by atoms with E-state index in [4.69, 9.17) is 9.47 Å². The minimum absolute atomic E-state index is 0.269. The molecule has 0 bridgehead atoms. The van der Waals surface area contributed by atoms with E-state index in [9.17, 15) is 14.0 Å². The van der Waals surface area contributed by atoms with Crippen molar-refractivity contribution in [3.63, 3.8) is 0 Å². The highest BCUT2D eigenvalue weighted by molar-refractivity contribution is 7.17. The number of benzene rings is 1. The second-order valence-electron chi connectivity index (χ2n) is 5.73. The molecule has 0 spiro atoms. The maximum absolute atomic E-state index is 13.2. The third-order valence-electron chi connectivity index (χ3n) is 4.07. The number of hydrogen-bond donors (Lipinski definition) is 1. The summed E-state index contributed by atoms with van der Waals surface area (Å²) in [6.45, 7) is 2.41. The smallest absolute Gasteiger partial charge is 0.341 e. The van der Waals surface area contributed by atoms with Crippen molar-refractivity contribution in [2.24, 2.45) is 0 Å². The molecule has 1 aliphatic heterocycles. The third-order valence-corrected chi connectivity index (χ3v) is 5.09. The van der Waals surface area contributed by atoms with Crippen LogP contribution < -0.4 is 5.32 Å². The van der Waals surface area contributed by atoms with Crippen molar-refractivity contribution in [2.45, 2.75) is 25.9 Å². The number of carbonyl (C=O) groups is 2. The standard InChI is InChI=1S/C18H18FNO4S/c1-10-14(11-5-7-12(19)8-6-11)15(18(22)23-2)17(25-10)20-16(21)13-4-3-9-24-13/h5-8,13H,3-4,9H2,1-2H3,(H,20,21)/t13-/m0/s1. The molecular formula is C18H18FNO4S. The summed E-state index contributed by atoms with van der Waals surface area (Å²) in [5.41, 5.74) is 1.61. The van der Waals surface area contributed by atoms with Gasteiger partial charge in [-0.25, -0.2) is 9.18 Å². The summed E-state index contributed by atoms with van der Waals surface area (Å²) >= 11 is 1.29. The number of methoxy groups -OCH3 is 1. The van der Waals surface area contributed by atoms with Crippen LogP contribution in [-0.4, -0.2) is 31.7 Å². The molecule has 1 amide bonds. The Morgan fingerprint density at radius 3 is 2.64 bits per heavy atom. The van der Waals surface area contributed by atoms with Gasteiger partial charge in [-0.3, -0.25) is 4.79 Å². The van der Waals surface area contributed by atoms with Crippen molar-refractivity contribution >= 4 is 28.2 Å². The van der Waals surface area contributed by atoms with Crippen LogP contribution in [0.15, 0.2) is 24.3 Å². The van der Waals surface area contributed by atoms with E-state index in [2.05, 4.69) is 5.32 Å². The fourth-order valence-electron chi connectivity index (χ4n) is 2.87. The van der Waals surface area contributed by atoms with E-state index in [-0.39, 0.29) is 17.3 Å². The second kappa shape index (κ2) is 7.33. The van der Waals surface area contributed by atoms with Crippen LogP contribution >= 0.6 is 11.3 Å². The Morgan fingerprint density at radius 1 is 1.32 bits per heavy atom. The molecule has 7 heteroatoms. The van der Waals surface area contributed by atoms with Crippen molar-refractivity contribution in [1.29, 1.82) is 0 Å². The lowest BCUT2D eigenvalue weighted by Gasteiger charge is -2.11. The second-order valence-corrected chi connectivity index (χ2v) is 6.95. The quantitative estimate of drug-likeness (QED) is 0.840. The molecule has 0 unspecified atom stereocenters. The van der Waals surface area contributed by atoms with E-state index in [1.807, 2.05) is 6.92 Å². The van der Waals surface area contributed by atoms with Gasteiger partial charge in [-0.15, -0.1) is 11.3 Å². The summed E-state index contributed by atoms with van der Waals surface area (Å²) in [6.07, 6.45) is 1.00. The number of esters is 1. The number of nitrogens with one attached hydrogen (secondary N) is 1. The van der Waals surface area contributed by atoms with E-state index in [0.717, 1.165) is 11.3 Å². The molecule has 5 nitrogen and oxygen atoms in total. The molecule has 25 heavy (non-hydrogen) atoms. The van der Waals surface area contributed by atoms with E-state index in [1.54, 1.807) is 12.1 Å². The van der Waals surface area contributed by atoms with Crippen molar-refractivity contribution in [3.8, 4) is 11.1 Å². The van der Waals surface area contributed by atoms with Crippen LogP contribution in [0.1, 0.15) is 28.1 Å². The van der Waals surface area contributed by atoms with E-state index in [0.29, 0.717) is 29.2 Å². The van der Waals surface area contributed by atoms with Crippen LogP contribution in [0.2, 0.25) is 0 Å². The lowest BCUT2D eigenvalue weighted by atomic mass is 10.0. The number of amides is 1. The first kappa shape index (κ1) is 17.6. The lowest BCUT2D eigenvalue weighted by molar-refractivity contribution is -0.124. The summed E-state index contributed by atoms with van der Waals surface area (Å²) in [4.78, 5) is 25.5. The molecule has 1 atom stereocenters. The topological polar surface area (TPSA) is 64.6 Å². The van der Waals surface area contributed by atoms with E-state index in [1.165, 1.54) is 30.6 Å². The van der Waals surface area contributed by atoms with Gasteiger partial charge in [0.05, 0.1) is 7.11 Å². The molecule has 1 aromatic carbocycles. The summed E-state index contributed by atoms with van der Waals surface area (Å²) in [6, 6.07) is 5.86. The number of ether oxygens (including phenoxy) is 2. The molecule has 2 aromatic rings. The van der Waals surface area contributed by atoms with Gasteiger partial charge in [-0.05, 0) is 37.5 Å². The van der Waals surface area contributed by atoms with Crippen molar-refractivity contribution < 1.29 is 23.5 Å². The number of thiophene rings is 1. The molecule has 1 N–H and O–H groups in total. The number of hydrogen-bond acceptors (Lipinski definition) is 5. The summed E-state index contributed by atoms with van der Waals surface area (Å²) in [5.74, 6) is -1.18. The highest BCUT2D eigenvalue weighted by Crippen LogP contribution is 2.40. The Balaban J connectivity index is 2.00. The van der Waals surface area contributed by atoms with Gasteiger partial charge in [0.15, 0.2) is 0 Å². The predicted molar refractivity (Wildman–Crippen MR) is 93.4 cm³/mol. The third kappa shape index (κ3) is 3.57. The number of aryl methyl sites for hydroxylation is 1. The van der Waals surface area contributed by atoms with Crippen molar-refractivity contribution in [2.75, 3.05) is 19.0 Å². The number of anilines is 1. The Bertz CT molecular complexity index is 794. The largest absolute Gasteiger partial charge is 0.465 e. The SMILES string of the molecule is COC(=O)c1c(NC(=O)[C@@H]2CCCO2)sc(C)c1-c1ccc(F)cc1. The fourth-order valence-corrected chi connectivity index (χ4v) is 3.94. The zero-order valence-electron chi connectivity index (χ0n) is 13.9. The Kier molecular flexibility index (Phi) is 5.15. The van der Waals surface area contributed by atoms with Crippen LogP contribution in [0, 0.1) is 12.7 Å². The van der Waals surface area contributed by atoms with Gasteiger partial charge in [0, 0.05) is 17.0 Å². The van der Waals surface area contributed by atoms with Gasteiger partial charge in [0.25, 0.3) is 5.91 Å².